The Hall–Kier alpha value is -3.01. The lowest BCUT2D eigenvalue weighted by atomic mass is 10.2. The third-order valence-corrected chi connectivity index (χ3v) is 8.24. The summed E-state index contributed by atoms with van der Waals surface area (Å²) in [5.74, 6) is -0.0951. The fourth-order valence-corrected chi connectivity index (χ4v) is 6.12. The van der Waals surface area contributed by atoms with Gasteiger partial charge in [-0.1, -0.05) is 22.9 Å². The molecule has 1 amide bonds. The molecule has 0 saturated heterocycles. The van der Waals surface area contributed by atoms with Crippen LogP contribution in [0, 0.1) is 6.92 Å². The van der Waals surface area contributed by atoms with Crippen LogP contribution >= 0.6 is 22.9 Å². The Kier molecular flexibility index (Phi) is 7.16. The van der Waals surface area contributed by atoms with Crippen molar-refractivity contribution in [3.8, 4) is 5.75 Å². The number of hydrogen-bond acceptors (Lipinski definition) is 7. The quantitative estimate of drug-likeness (QED) is 0.326. The van der Waals surface area contributed by atoms with Crippen molar-refractivity contribution in [2.45, 2.75) is 24.8 Å². The van der Waals surface area contributed by atoms with Crippen molar-refractivity contribution in [3.05, 3.63) is 77.1 Å². The molecular weight excluding hydrogens is 494 g/mol. The van der Waals surface area contributed by atoms with Crippen LogP contribution in [0.5, 0.6) is 5.75 Å². The molecule has 0 bridgehead atoms. The summed E-state index contributed by atoms with van der Waals surface area (Å²) in [5.41, 5.74) is 2.53. The first kappa shape index (κ1) is 24.1. The topological polar surface area (TPSA) is 89.5 Å². The molecule has 0 spiro atoms. The highest BCUT2D eigenvalue weighted by Crippen LogP contribution is 2.34. The zero-order valence-corrected chi connectivity index (χ0v) is 21.0. The second kappa shape index (κ2) is 10.1. The largest absolute Gasteiger partial charge is 0.497 e. The molecule has 10 heteroatoms. The first-order valence-corrected chi connectivity index (χ1v) is 13.2. The minimum Gasteiger partial charge on any atom is -0.497 e. The summed E-state index contributed by atoms with van der Waals surface area (Å²) in [6.45, 7) is 2.16. The van der Waals surface area contributed by atoms with Gasteiger partial charge < -0.3 is 4.74 Å². The zero-order valence-electron chi connectivity index (χ0n) is 18.6. The lowest BCUT2D eigenvalue weighted by molar-refractivity contribution is -0.118. The van der Waals surface area contributed by atoms with Crippen LogP contribution in [-0.2, 0) is 21.2 Å². The van der Waals surface area contributed by atoms with E-state index in [0.29, 0.717) is 15.9 Å². The van der Waals surface area contributed by atoms with E-state index in [1.807, 2.05) is 31.2 Å². The maximum atomic E-state index is 13.3. The van der Waals surface area contributed by atoms with Crippen molar-refractivity contribution < 1.29 is 17.9 Å². The first-order chi connectivity index (χ1) is 16.3. The van der Waals surface area contributed by atoms with Gasteiger partial charge in [-0.25, -0.2) is 13.4 Å². The minimum absolute atomic E-state index is 0.145. The maximum absolute atomic E-state index is 13.3. The fraction of sp³-hybridized carbons (Fsp3) is 0.208. The lowest BCUT2D eigenvalue weighted by Crippen LogP contribution is -2.31. The van der Waals surface area contributed by atoms with Crippen molar-refractivity contribution >= 4 is 54.0 Å². The average molecular weight is 516 g/mol. The molecule has 2 aromatic heterocycles. The summed E-state index contributed by atoms with van der Waals surface area (Å²) < 4.78 is 31.6. The minimum atomic E-state index is -3.65. The summed E-state index contributed by atoms with van der Waals surface area (Å²) in [4.78, 5) is 23.7. The van der Waals surface area contributed by atoms with Crippen LogP contribution < -0.4 is 9.64 Å². The number of carbonyl (C=O) groups is 1. The molecule has 176 valence electrons. The van der Waals surface area contributed by atoms with Crippen LogP contribution in [0.4, 0.5) is 5.13 Å². The molecule has 0 aliphatic heterocycles. The number of methoxy groups -OCH3 is 1. The van der Waals surface area contributed by atoms with Gasteiger partial charge >= 0.3 is 0 Å². The number of amides is 1. The molecule has 4 rings (SSSR count). The van der Waals surface area contributed by atoms with Gasteiger partial charge in [-0.05, 0) is 66.6 Å². The number of hydrogen-bond donors (Lipinski definition) is 0. The van der Waals surface area contributed by atoms with Gasteiger partial charge in [0.1, 0.15) is 5.75 Å². The lowest BCUT2D eigenvalue weighted by Gasteiger charge is -2.20. The molecule has 34 heavy (non-hydrogen) atoms. The number of nitrogens with zero attached hydrogens (tertiary/aromatic N) is 3. The molecule has 0 aliphatic carbocycles. The fourth-order valence-electron chi connectivity index (χ4n) is 3.45. The highest BCUT2D eigenvalue weighted by atomic mass is 35.5. The second-order valence-corrected chi connectivity index (χ2v) is 11.2. The number of sulfone groups is 1. The molecule has 0 N–H and O–H groups in total. The average Bonchev–Trinajstić information content (AvgIpc) is 3.26. The van der Waals surface area contributed by atoms with E-state index < -0.39 is 9.84 Å². The highest BCUT2D eigenvalue weighted by molar-refractivity contribution is 7.91. The van der Waals surface area contributed by atoms with Crippen LogP contribution in [0.25, 0.3) is 10.2 Å². The number of aromatic nitrogens is 2. The molecule has 2 aromatic carbocycles. The van der Waals surface area contributed by atoms with Crippen LogP contribution in [0.1, 0.15) is 17.5 Å². The van der Waals surface area contributed by atoms with Gasteiger partial charge in [0.15, 0.2) is 15.0 Å². The van der Waals surface area contributed by atoms with E-state index in [1.165, 1.54) is 35.5 Å². The molecule has 0 unspecified atom stereocenters. The number of pyridine rings is 1. The summed E-state index contributed by atoms with van der Waals surface area (Å²) in [6.07, 6.45) is 3.11. The summed E-state index contributed by atoms with van der Waals surface area (Å²) in [6, 6.07) is 13.4. The first-order valence-electron chi connectivity index (χ1n) is 10.4. The number of ether oxygens (including phenoxy) is 1. The van der Waals surface area contributed by atoms with E-state index in [9.17, 15) is 13.2 Å². The van der Waals surface area contributed by atoms with Gasteiger partial charge in [0.2, 0.25) is 5.91 Å². The van der Waals surface area contributed by atoms with Gasteiger partial charge in [0.25, 0.3) is 0 Å². The number of benzene rings is 2. The number of fused-ring (bicyclic) bond motifs is 1. The molecule has 0 radical (unpaired) electrons. The Bertz CT molecular complexity index is 1420. The van der Waals surface area contributed by atoms with Crippen LogP contribution in [0.3, 0.4) is 0 Å². The summed E-state index contributed by atoms with van der Waals surface area (Å²) in [7, 11) is -2.14. The number of halogens is 1. The Morgan fingerprint density at radius 2 is 1.82 bits per heavy atom. The molecule has 2 heterocycles. The standard InChI is InChI=1S/C24H22ClN3O4S2/c1-16-13-18(25)14-21-23(16)27-24(33-21)28(15-17-7-10-26-11-8-17)22(29)9-12-34(30,31)20-5-3-19(32-2)4-6-20/h3-8,10-11,13-14H,9,12,15H2,1-2H3. The van der Waals surface area contributed by atoms with E-state index in [4.69, 9.17) is 16.3 Å². The van der Waals surface area contributed by atoms with Gasteiger partial charge in [0, 0.05) is 23.8 Å². The smallest absolute Gasteiger partial charge is 0.230 e. The third kappa shape index (κ3) is 5.38. The van der Waals surface area contributed by atoms with Crippen molar-refractivity contribution in [2.75, 3.05) is 17.8 Å². The van der Waals surface area contributed by atoms with Crippen LogP contribution in [0.2, 0.25) is 5.02 Å². The third-order valence-electron chi connectivity index (χ3n) is 5.26. The SMILES string of the molecule is COc1ccc(S(=O)(=O)CCC(=O)N(Cc2ccncc2)c2nc3c(C)cc(Cl)cc3s2)cc1. The molecule has 7 nitrogen and oxygen atoms in total. The number of anilines is 1. The number of rotatable bonds is 8. The Labute approximate surface area is 206 Å². The second-order valence-electron chi connectivity index (χ2n) is 7.65. The Morgan fingerprint density at radius 1 is 1.12 bits per heavy atom. The molecular formula is C24H22ClN3O4S2. The van der Waals surface area contributed by atoms with Crippen molar-refractivity contribution in [1.29, 1.82) is 0 Å². The van der Waals surface area contributed by atoms with E-state index in [0.717, 1.165) is 21.3 Å². The van der Waals surface area contributed by atoms with Crippen LogP contribution in [0.15, 0.2) is 65.8 Å². The predicted molar refractivity (Wildman–Crippen MR) is 134 cm³/mol. The van der Waals surface area contributed by atoms with Crippen molar-refractivity contribution in [3.63, 3.8) is 0 Å². The van der Waals surface area contributed by atoms with Crippen molar-refractivity contribution in [1.82, 2.24) is 9.97 Å². The summed E-state index contributed by atoms with van der Waals surface area (Å²) >= 11 is 7.54. The highest BCUT2D eigenvalue weighted by Gasteiger charge is 2.24. The molecule has 4 aromatic rings. The summed E-state index contributed by atoms with van der Waals surface area (Å²) in [5, 5.41) is 1.09. The van der Waals surface area contributed by atoms with Gasteiger partial charge in [-0.15, -0.1) is 0 Å². The maximum Gasteiger partial charge on any atom is 0.230 e. The Morgan fingerprint density at radius 3 is 2.50 bits per heavy atom. The molecule has 0 fully saturated rings. The van der Waals surface area contributed by atoms with E-state index in [-0.39, 0.29) is 29.5 Å². The number of thiazole rings is 1. The van der Waals surface area contributed by atoms with Gasteiger partial charge in [-0.3, -0.25) is 14.7 Å². The number of carbonyl (C=O) groups excluding carboxylic acids is 1. The van der Waals surface area contributed by atoms with Gasteiger partial charge in [0.05, 0.1) is 34.5 Å². The van der Waals surface area contributed by atoms with E-state index in [2.05, 4.69) is 9.97 Å². The van der Waals surface area contributed by atoms with Crippen LogP contribution in [-0.4, -0.2) is 37.2 Å². The molecule has 0 saturated carbocycles. The zero-order chi connectivity index (χ0) is 24.3. The predicted octanol–water partition coefficient (Wildman–Crippen LogP) is 5.06. The molecule has 0 aliphatic rings. The molecule has 0 atom stereocenters. The van der Waals surface area contributed by atoms with Gasteiger partial charge in [-0.2, -0.15) is 0 Å². The number of aryl methyl sites for hydroxylation is 1. The van der Waals surface area contributed by atoms with E-state index >= 15 is 0 Å². The van der Waals surface area contributed by atoms with E-state index in [1.54, 1.807) is 24.5 Å². The Balaban J connectivity index is 1.61. The normalized spacial score (nSPS) is 11.5. The van der Waals surface area contributed by atoms with Crippen molar-refractivity contribution in [2.24, 2.45) is 0 Å². The monoisotopic (exact) mass is 515 g/mol.